The van der Waals surface area contributed by atoms with Gasteiger partial charge in [0, 0.05) is 0 Å². The third kappa shape index (κ3) is 3.31. The van der Waals surface area contributed by atoms with Gasteiger partial charge in [-0.2, -0.15) is 0 Å². The average Bonchev–Trinajstić information content (AvgIpc) is 3.11. The summed E-state index contributed by atoms with van der Waals surface area (Å²) in [5.74, 6) is 1.48. The Kier molecular flexibility index (Phi) is 3.94. The van der Waals surface area contributed by atoms with Crippen molar-refractivity contribution in [2.24, 2.45) is 11.8 Å². The van der Waals surface area contributed by atoms with Gasteiger partial charge in [-0.05, 0) is 61.9 Å². The third-order valence-electron chi connectivity index (χ3n) is 3.36. The molecule has 1 unspecified atom stereocenters. The second-order valence-electron chi connectivity index (χ2n) is 4.74. The maximum absolute atomic E-state index is 12.8. The maximum atomic E-state index is 12.8. The lowest BCUT2D eigenvalue weighted by Crippen LogP contribution is -2.25. The van der Waals surface area contributed by atoms with Crippen LogP contribution >= 0.6 is 0 Å². The lowest BCUT2D eigenvalue weighted by molar-refractivity contribution is 0.429. The zero-order valence-electron chi connectivity index (χ0n) is 9.88. The zero-order valence-corrected chi connectivity index (χ0v) is 9.88. The van der Waals surface area contributed by atoms with E-state index in [-0.39, 0.29) is 5.82 Å². The summed E-state index contributed by atoms with van der Waals surface area (Å²) in [5.41, 5.74) is 1.26. The monoisotopic (exact) mass is 221 g/mol. The van der Waals surface area contributed by atoms with E-state index in [1.807, 2.05) is 12.1 Å². The van der Waals surface area contributed by atoms with E-state index in [0.29, 0.717) is 0 Å². The smallest absolute Gasteiger partial charge is 0.123 e. The summed E-state index contributed by atoms with van der Waals surface area (Å²) in [6.07, 6.45) is 3.83. The fraction of sp³-hybridized carbons (Fsp3) is 0.571. The lowest BCUT2D eigenvalue weighted by atomic mass is 9.94. The second-order valence-corrected chi connectivity index (χ2v) is 4.74. The molecule has 2 rings (SSSR count). The Morgan fingerprint density at radius 1 is 1.31 bits per heavy atom. The molecule has 1 aromatic rings. The first-order valence-electron chi connectivity index (χ1n) is 6.24. The van der Waals surface area contributed by atoms with Crippen molar-refractivity contribution < 1.29 is 4.39 Å². The molecule has 16 heavy (non-hydrogen) atoms. The van der Waals surface area contributed by atoms with E-state index in [1.165, 1.54) is 18.4 Å². The van der Waals surface area contributed by atoms with E-state index >= 15 is 0 Å². The third-order valence-corrected chi connectivity index (χ3v) is 3.36. The normalized spacial score (nSPS) is 17.4. The summed E-state index contributed by atoms with van der Waals surface area (Å²) in [4.78, 5) is 0. The molecule has 0 saturated heterocycles. The Labute approximate surface area is 97.1 Å². The van der Waals surface area contributed by atoms with E-state index in [0.717, 1.165) is 31.3 Å². The Bertz CT molecular complexity index is 316. The SMILES string of the molecule is CCNCC(Cc1ccc(F)cc1)C1CC1. The highest BCUT2D eigenvalue weighted by Gasteiger charge is 2.30. The number of benzene rings is 1. The van der Waals surface area contributed by atoms with E-state index in [4.69, 9.17) is 0 Å². The standard InChI is InChI=1S/C14H20FN/c1-2-16-10-13(12-5-6-12)9-11-3-7-14(15)8-4-11/h3-4,7-8,12-13,16H,2,5-6,9-10H2,1H3. The van der Waals surface area contributed by atoms with Crippen LogP contribution in [0.15, 0.2) is 24.3 Å². The molecule has 1 aromatic carbocycles. The summed E-state index contributed by atoms with van der Waals surface area (Å²) in [6, 6.07) is 6.95. The van der Waals surface area contributed by atoms with Crippen molar-refractivity contribution in [1.29, 1.82) is 0 Å². The fourth-order valence-electron chi connectivity index (χ4n) is 2.23. The molecule has 2 heteroatoms. The van der Waals surface area contributed by atoms with Crippen molar-refractivity contribution in [1.82, 2.24) is 5.32 Å². The molecule has 0 spiro atoms. The molecule has 0 radical (unpaired) electrons. The summed E-state index contributed by atoms with van der Waals surface area (Å²) >= 11 is 0. The number of nitrogens with one attached hydrogen (secondary N) is 1. The average molecular weight is 221 g/mol. The molecule has 1 atom stereocenters. The van der Waals surface area contributed by atoms with Crippen molar-refractivity contribution in [2.45, 2.75) is 26.2 Å². The number of rotatable bonds is 6. The molecule has 1 nitrogen and oxygen atoms in total. The minimum atomic E-state index is -0.140. The van der Waals surface area contributed by atoms with Gasteiger partial charge in [-0.15, -0.1) is 0 Å². The number of hydrogen-bond donors (Lipinski definition) is 1. The zero-order chi connectivity index (χ0) is 11.4. The molecular weight excluding hydrogens is 201 g/mol. The van der Waals surface area contributed by atoms with Crippen molar-refractivity contribution in [3.8, 4) is 0 Å². The summed E-state index contributed by atoms with van der Waals surface area (Å²) in [5, 5.41) is 3.43. The Morgan fingerprint density at radius 3 is 2.56 bits per heavy atom. The Hall–Kier alpha value is -0.890. The molecule has 1 aliphatic rings. The molecular formula is C14H20FN. The molecule has 1 N–H and O–H groups in total. The molecule has 1 saturated carbocycles. The van der Waals surface area contributed by atoms with Crippen LogP contribution in [0.25, 0.3) is 0 Å². The molecule has 0 heterocycles. The molecule has 0 amide bonds. The van der Waals surface area contributed by atoms with E-state index < -0.39 is 0 Å². The number of halogens is 1. The van der Waals surface area contributed by atoms with E-state index in [1.54, 1.807) is 12.1 Å². The van der Waals surface area contributed by atoms with Gasteiger partial charge in [0.25, 0.3) is 0 Å². The molecule has 1 aliphatic carbocycles. The van der Waals surface area contributed by atoms with Gasteiger partial charge in [-0.25, -0.2) is 4.39 Å². The Balaban J connectivity index is 1.91. The van der Waals surface area contributed by atoms with Gasteiger partial charge in [0.1, 0.15) is 5.82 Å². The highest BCUT2D eigenvalue weighted by molar-refractivity contribution is 5.17. The molecule has 0 bridgehead atoms. The number of hydrogen-bond acceptors (Lipinski definition) is 1. The summed E-state index contributed by atoms with van der Waals surface area (Å²) in [7, 11) is 0. The van der Waals surface area contributed by atoms with Gasteiger partial charge in [0.15, 0.2) is 0 Å². The van der Waals surface area contributed by atoms with Gasteiger partial charge >= 0.3 is 0 Å². The minimum Gasteiger partial charge on any atom is -0.317 e. The van der Waals surface area contributed by atoms with Crippen LogP contribution in [-0.4, -0.2) is 13.1 Å². The van der Waals surface area contributed by atoms with Crippen LogP contribution in [0, 0.1) is 17.7 Å². The predicted molar refractivity (Wildman–Crippen MR) is 64.9 cm³/mol. The largest absolute Gasteiger partial charge is 0.317 e. The highest BCUT2D eigenvalue weighted by atomic mass is 19.1. The van der Waals surface area contributed by atoms with Crippen LogP contribution in [0.5, 0.6) is 0 Å². The van der Waals surface area contributed by atoms with Gasteiger partial charge in [-0.3, -0.25) is 0 Å². The maximum Gasteiger partial charge on any atom is 0.123 e. The van der Waals surface area contributed by atoms with Crippen molar-refractivity contribution in [3.05, 3.63) is 35.6 Å². The van der Waals surface area contributed by atoms with Gasteiger partial charge in [0.2, 0.25) is 0 Å². The van der Waals surface area contributed by atoms with Crippen LogP contribution in [-0.2, 0) is 6.42 Å². The molecule has 1 fully saturated rings. The van der Waals surface area contributed by atoms with Crippen molar-refractivity contribution >= 4 is 0 Å². The van der Waals surface area contributed by atoms with Crippen LogP contribution in [0.3, 0.4) is 0 Å². The predicted octanol–water partition coefficient (Wildman–Crippen LogP) is 3.00. The Morgan fingerprint density at radius 2 is 2.00 bits per heavy atom. The first-order chi connectivity index (χ1) is 7.79. The van der Waals surface area contributed by atoms with Gasteiger partial charge in [-0.1, -0.05) is 19.1 Å². The summed E-state index contributed by atoms with van der Waals surface area (Å²) < 4.78 is 12.8. The van der Waals surface area contributed by atoms with E-state index in [9.17, 15) is 4.39 Å². The minimum absolute atomic E-state index is 0.140. The van der Waals surface area contributed by atoms with Crippen LogP contribution in [0.1, 0.15) is 25.3 Å². The first kappa shape index (κ1) is 11.6. The second kappa shape index (κ2) is 5.44. The highest BCUT2D eigenvalue weighted by Crippen LogP contribution is 2.38. The molecule has 0 aliphatic heterocycles. The van der Waals surface area contributed by atoms with Crippen LogP contribution in [0.2, 0.25) is 0 Å². The molecule has 0 aromatic heterocycles. The van der Waals surface area contributed by atoms with Gasteiger partial charge < -0.3 is 5.32 Å². The topological polar surface area (TPSA) is 12.0 Å². The lowest BCUT2D eigenvalue weighted by Gasteiger charge is -2.16. The van der Waals surface area contributed by atoms with E-state index in [2.05, 4.69) is 12.2 Å². The van der Waals surface area contributed by atoms with Crippen LogP contribution < -0.4 is 5.32 Å². The van der Waals surface area contributed by atoms with Crippen molar-refractivity contribution in [2.75, 3.05) is 13.1 Å². The van der Waals surface area contributed by atoms with Crippen LogP contribution in [0.4, 0.5) is 4.39 Å². The first-order valence-corrected chi connectivity index (χ1v) is 6.24. The fourth-order valence-corrected chi connectivity index (χ4v) is 2.23. The quantitative estimate of drug-likeness (QED) is 0.778. The van der Waals surface area contributed by atoms with Gasteiger partial charge in [0.05, 0.1) is 0 Å². The van der Waals surface area contributed by atoms with Crippen molar-refractivity contribution in [3.63, 3.8) is 0 Å². The summed E-state index contributed by atoms with van der Waals surface area (Å²) in [6.45, 7) is 4.27. The molecule has 88 valence electrons.